The Hall–Kier alpha value is -1.00. The summed E-state index contributed by atoms with van der Waals surface area (Å²) in [5.41, 5.74) is 2.40. The number of carbonyl (C=O) groups is 1. The Morgan fingerprint density at radius 1 is 1.36 bits per heavy atom. The van der Waals surface area contributed by atoms with Gasteiger partial charge in [0.1, 0.15) is 0 Å². The van der Waals surface area contributed by atoms with Crippen LogP contribution in [0.15, 0.2) is 24.3 Å². The van der Waals surface area contributed by atoms with Crippen molar-refractivity contribution in [2.75, 3.05) is 0 Å². The number of carbonyl (C=O) groups excluding carboxylic acids is 1. The van der Waals surface area contributed by atoms with E-state index in [2.05, 4.69) is 40.6 Å². The van der Waals surface area contributed by atoms with Crippen molar-refractivity contribution in [1.82, 2.24) is 9.44 Å². The van der Waals surface area contributed by atoms with Gasteiger partial charge < -0.3 is 0 Å². The Bertz CT molecular complexity index is 336. The summed E-state index contributed by atoms with van der Waals surface area (Å²) < 4.78 is 5.83. The van der Waals surface area contributed by atoms with Gasteiger partial charge in [0.25, 0.3) is 0 Å². The predicted octanol–water partition coefficient (Wildman–Crippen LogP) is 1.71. The summed E-state index contributed by atoms with van der Waals surface area (Å²) in [4.78, 5) is 11.1. The van der Waals surface area contributed by atoms with Crippen molar-refractivity contribution >= 4 is 18.0 Å². The lowest BCUT2D eigenvalue weighted by molar-refractivity contribution is -0.120. The summed E-state index contributed by atoms with van der Waals surface area (Å²) in [6, 6.07) is 8.38. The van der Waals surface area contributed by atoms with Gasteiger partial charge in [0.05, 0.1) is 6.04 Å². The molecular formula is C10H12N2OS. The number of nitrogens with one attached hydrogen (secondary N) is 2. The second-order valence-corrected chi connectivity index (χ2v) is 4.06. The van der Waals surface area contributed by atoms with E-state index in [1.165, 1.54) is 17.7 Å². The van der Waals surface area contributed by atoms with Crippen molar-refractivity contribution < 1.29 is 4.79 Å². The Kier molecular flexibility index (Phi) is 2.74. The van der Waals surface area contributed by atoms with E-state index in [-0.39, 0.29) is 11.9 Å². The van der Waals surface area contributed by atoms with E-state index < -0.39 is 0 Å². The topological polar surface area (TPSA) is 41.1 Å². The molecule has 0 spiro atoms. The van der Waals surface area contributed by atoms with Crippen LogP contribution in [-0.2, 0) is 4.79 Å². The number of rotatable bonds is 1. The molecule has 1 fully saturated rings. The van der Waals surface area contributed by atoms with Gasteiger partial charge in [0, 0.05) is 18.6 Å². The van der Waals surface area contributed by atoms with Crippen molar-refractivity contribution in [2.45, 2.75) is 19.4 Å². The summed E-state index contributed by atoms with van der Waals surface area (Å²) in [5, 5.41) is 0. The summed E-state index contributed by atoms with van der Waals surface area (Å²) >= 11 is 1.26. The lowest BCUT2D eigenvalue weighted by atomic mass is 10.0. The molecule has 1 heterocycles. The van der Waals surface area contributed by atoms with Crippen LogP contribution in [0.2, 0.25) is 0 Å². The monoisotopic (exact) mass is 208 g/mol. The van der Waals surface area contributed by atoms with Crippen LogP contribution in [0, 0.1) is 6.92 Å². The van der Waals surface area contributed by atoms with E-state index in [1.54, 1.807) is 0 Å². The van der Waals surface area contributed by atoms with Gasteiger partial charge in [0.2, 0.25) is 5.91 Å². The minimum absolute atomic E-state index is 0.0827. The highest BCUT2D eigenvalue weighted by molar-refractivity contribution is 7.96. The quantitative estimate of drug-likeness (QED) is 0.690. The van der Waals surface area contributed by atoms with E-state index in [4.69, 9.17) is 0 Å². The molecule has 1 aromatic carbocycles. The third-order valence-electron chi connectivity index (χ3n) is 2.24. The fourth-order valence-electron chi connectivity index (χ4n) is 1.41. The highest BCUT2D eigenvalue weighted by Gasteiger charge is 2.20. The summed E-state index contributed by atoms with van der Waals surface area (Å²) in [5.74, 6) is 0.0827. The normalized spacial score (nSPS) is 21.8. The molecule has 1 aromatic rings. The molecule has 3 nitrogen and oxygen atoms in total. The predicted molar refractivity (Wildman–Crippen MR) is 57.4 cm³/mol. The van der Waals surface area contributed by atoms with Gasteiger partial charge in [-0.1, -0.05) is 29.8 Å². The highest BCUT2D eigenvalue weighted by atomic mass is 32.2. The van der Waals surface area contributed by atoms with Crippen LogP contribution in [0.1, 0.15) is 23.6 Å². The third-order valence-corrected chi connectivity index (χ3v) is 2.97. The zero-order valence-electron chi connectivity index (χ0n) is 7.91. The fraction of sp³-hybridized carbons (Fsp3) is 0.300. The third kappa shape index (κ3) is 2.08. The molecule has 14 heavy (non-hydrogen) atoms. The largest absolute Gasteiger partial charge is 0.287 e. The molecule has 1 atom stereocenters. The minimum Gasteiger partial charge on any atom is -0.287 e. The second-order valence-electron chi connectivity index (χ2n) is 3.41. The molecule has 2 rings (SSSR count). The first kappa shape index (κ1) is 9.55. The number of aryl methyl sites for hydroxylation is 1. The number of hydrogen-bond donors (Lipinski definition) is 2. The van der Waals surface area contributed by atoms with Gasteiger partial charge in [-0.2, -0.15) is 0 Å². The van der Waals surface area contributed by atoms with Gasteiger partial charge >= 0.3 is 0 Å². The first-order valence-corrected chi connectivity index (χ1v) is 5.34. The lowest BCUT2D eigenvalue weighted by Gasteiger charge is -2.22. The average Bonchev–Trinajstić information content (AvgIpc) is 2.19. The molecule has 0 aliphatic carbocycles. The van der Waals surface area contributed by atoms with Crippen LogP contribution in [0.5, 0.6) is 0 Å². The van der Waals surface area contributed by atoms with Gasteiger partial charge in [-0.3, -0.25) is 9.52 Å². The van der Waals surface area contributed by atoms with Gasteiger partial charge in [-0.25, -0.2) is 4.72 Å². The Morgan fingerprint density at radius 3 is 2.71 bits per heavy atom. The molecule has 2 N–H and O–H groups in total. The summed E-state index contributed by atoms with van der Waals surface area (Å²) in [6.07, 6.45) is 0.510. The first-order valence-electron chi connectivity index (χ1n) is 4.52. The Balaban J connectivity index is 2.14. The van der Waals surface area contributed by atoms with E-state index in [1.807, 2.05) is 0 Å². The van der Waals surface area contributed by atoms with Crippen LogP contribution < -0.4 is 9.44 Å². The van der Waals surface area contributed by atoms with Crippen molar-refractivity contribution in [1.29, 1.82) is 0 Å². The standard InChI is InChI=1S/C10H12N2OS/c1-7-2-4-8(5-3-7)9-6-10(13)12-14-11-9/h2-5,9,11H,6H2,1H3,(H,12,13). The Labute approximate surface area is 87.5 Å². The number of benzene rings is 1. The molecule has 1 aliphatic rings. The first-order chi connectivity index (χ1) is 6.75. The van der Waals surface area contributed by atoms with Crippen LogP contribution in [-0.4, -0.2) is 5.91 Å². The van der Waals surface area contributed by atoms with E-state index in [0.717, 1.165) is 5.56 Å². The van der Waals surface area contributed by atoms with Crippen LogP contribution in [0.3, 0.4) is 0 Å². The molecule has 1 aliphatic heterocycles. The highest BCUT2D eigenvalue weighted by Crippen LogP contribution is 2.22. The average molecular weight is 208 g/mol. The van der Waals surface area contributed by atoms with E-state index in [0.29, 0.717) is 6.42 Å². The molecule has 0 saturated carbocycles. The molecule has 0 radical (unpaired) electrons. The van der Waals surface area contributed by atoms with Gasteiger partial charge in [-0.15, -0.1) is 0 Å². The molecule has 1 amide bonds. The molecule has 1 saturated heterocycles. The Morgan fingerprint density at radius 2 is 2.07 bits per heavy atom. The SMILES string of the molecule is Cc1ccc(C2CC(=O)NSN2)cc1. The zero-order chi connectivity index (χ0) is 9.97. The van der Waals surface area contributed by atoms with Crippen LogP contribution in [0.25, 0.3) is 0 Å². The van der Waals surface area contributed by atoms with Crippen molar-refractivity contribution in [2.24, 2.45) is 0 Å². The van der Waals surface area contributed by atoms with Crippen molar-refractivity contribution in [3.63, 3.8) is 0 Å². The van der Waals surface area contributed by atoms with Crippen LogP contribution >= 0.6 is 12.1 Å². The fourth-order valence-corrected chi connectivity index (χ4v) is 2.03. The number of amides is 1. The van der Waals surface area contributed by atoms with E-state index in [9.17, 15) is 4.79 Å². The summed E-state index contributed by atoms with van der Waals surface area (Å²) in [6.45, 7) is 2.06. The molecule has 74 valence electrons. The van der Waals surface area contributed by atoms with Gasteiger partial charge in [-0.05, 0) is 12.5 Å². The van der Waals surface area contributed by atoms with Crippen molar-refractivity contribution in [3.8, 4) is 0 Å². The minimum atomic E-state index is 0.0827. The van der Waals surface area contributed by atoms with Crippen LogP contribution in [0.4, 0.5) is 0 Å². The molecule has 1 unspecified atom stereocenters. The molecule has 4 heteroatoms. The van der Waals surface area contributed by atoms with Crippen molar-refractivity contribution in [3.05, 3.63) is 35.4 Å². The number of hydrogen-bond acceptors (Lipinski definition) is 3. The smallest absolute Gasteiger partial charge is 0.232 e. The maximum absolute atomic E-state index is 11.1. The van der Waals surface area contributed by atoms with Gasteiger partial charge in [0.15, 0.2) is 0 Å². The maximum Gasteiger partial charge on any atom is 0.232 e. The summed E-state index contributed by atoms with van der Waals surface area (Å²) in [7, 11) is 0. The molecule has 0 bridgehead atoms. The lowest BCUT2D eigenvalue weighted by Crippen LogP contribution is -2.33. The molecular weight excluding hydrogens is 196 g/mol. The second kappa shape index (κ2) is 4.02. The molecule has 0 aromatic heterocycles. The maximum atomic E-state index is 11.1. The van der Waals surface area contributed by atoms with E-state index >= 15 is 0 Å². The zero-order valence-corrected chi connectivity index (χ0v) is 8.73.